The number of hydrogen-bond donors (Lipinski definition) is 2. The Kier molecular flexibility index (Phi) is 5.20. The van der Waals surface area contributed by atoms with Gasteiger partial charge in [0.1, 0.15) is 12.0 Å². The Morgan fingerprint density at radius 3 is 2.64 bits per heavy atom. The van der Waals surface area contributed by atoms with Crippen molar-refractivity contribution in [3.8, 4) is 0 Å². The van der Waals surface area contributed by atoms with Crippen molar-refractivity contribution in [2.24, 2.45) is 5.73 Å². The fourth-order valence-electron chi connectivity index (χ4n) is 2.07. The third-order valence-corrected chi connectivity index (χ3v) is 3.24. The van der Waals surface area contributed by atoms with Crippen LogP contribution < -0.4 is 11.1 Å². The number of aromatic nitrogens is 1. The second kappa shape index (κ2) is 7.16. The minimum absolute atomic E-state index is 0.0222. The number of nitro groups is 1. The number of primary amides is 1. The lowest BCUT2D eigenvalue weighted by atomic mass is 10.1. The monoisotopic (exact) mass is 354 g/mol. The van der Waals surface area contributed by atoms with Crippen LogP contribution in [-0.2, 0) is 6.42 Å². The van der Waals surface area contributed by atoms with Gasteiger partial charge in [-0.05, 0) is 24.1 Å². The highest BCUT2D eigenvalue weighted by Gasteiger charge is 2.26. The van der Waals surface area contributed by atoms with E-state index in [1.165, 1.54) is 12.1 Å². The summed E-state index contributed by atoms with van der Waals surface area (Å²) in [6.45, 7) is 0. The van der Waals surface area contributed by atoms with Crippen LogP contribution in [0.2, 0.25) is 0 Å². The van der Waals surface area contributed by atoms with Gasteiger partial charge in [0.15, 0.2) is 0 Å². The van der Waals surface area contributed by atoms with Crippen LogP contribution >= 0.6 is 0 Å². The van der Waals surface area contributed by atoms with Crippen molar-refractivity contribution in [2.75, 3.05) is 5.32 Å². The maximum atomic E-state index is 12.3. The molecule has 132 valence electrons. The molecule has 0 aliphatic carbocycles. The van der Waals surface area contributed by atoms with Gasteiger partial charge in [0.05, 0.1) is 10.5 Å². The number of amides is 1. The number of hydrogen-bond acceptors (Lipinski definition) is 5. The molecular weight excluding hydrogens is 341 g/mol. The van der Waals surface area contributed by atoms with E-state index in [-0.39, 0.29) is 17.8 Å². The number of alkyl halides is 3. The van der Waals surface area contributed by atoms with Gasteiger partial charge >= 0.3 is 6.18 Å². The zero-order valence-corrected chi connectivity index (χ0v) is 12.7. The van der Waals surface area contributed by atoms with Gasteiger partial charge in [0.2, 0.25) is 0 Å². The first-order valence-corrected chi connectivity index (χ1v) is 7.02. The molecule has 0 radical (unpaired) electrons. The van der Waals surface area contributed by atoms with Crippen molar-refractivity contribution in [2.45, 2.75) is 19.0 Å². The van der Waals surface area contributed by atoms with E-state index < -0.39 is 29.1 Å². The number of nitrogens with one attached hydrogen (secondary N) is 1. The molecule has 0 saturated heterocycles. The maximum Gasteiger partial charge on any atom is 0.389 e. The summed E-state index contributed by atoms with van der Waals surface area (Å²) in [7, 11) is 0. The number of benzene rings is 1. The van der Waals surface area contributed by atoms with Gasteiger partial charge in [-0.25, -0.2) is 4.98 Å². The molecule has 10 heteroatoms. The molecule has 0 bridgehead atoms. The summed E-state index contributed by atoms with van der Waals surface area (Å²) in [5, 5.41) is 13.5. The van der Waals surface area contributed by atoms with Gasteiger partial charge in [0.25, 0.3) is 11.6 Å². The topological polar surface area (TPSA) is 111 Å². The van der Waals surface area contributed by atoms with Gasteiger partial charge in [-0.1, -0.05) is 12.1 Å². The number of pyridine rings is 1. The van der Waals surface area contributed by atoms with E-state index in [9.17, 15) is 28.1 Å². The van der Waals surface area contributed by atoms with Crippen molar-refractivity contribution in [1.29, 1.82) is 0 Å². The second-order valence-corrected chi connectivity index (χ2v) is 5.15. The molecule has 0 aliphatic heterocycles. The Balaban J connectivity index is 2.24. The van der Waals surface area contributed by atoms with E-state index in [0.717, 1.165) is 12.3 Å². The molecule has 2 rings (SSSR count). The van der Waals surface area contributed by atoms with Crippen molar-refractivity contribution in [3.63, 3.8) is 0 Å². The first-order chi connectivity index (χ1) is 11.7. The van der Waals surface area contributed by atoms with E-state index in [1.807, 2.05) is 0 Å². The van der Waals surface area contributed by atoms with Crippen LogP contribution in [0.5, 0.6) is 0 Å². The molecule has 0 unspecified atom stereocenters. The highest BCUT2D eigenvalue weighted by Crippen LogP contribution is 2.25. The van der Waals surface area contributed by atoms with Crippen LogP contribution in [0.3, 0.4) is 0 Å². The van der Waals surface area contributed by atoms with Gasteiger partial charge in [-0.3, -0.25) is 14.9 Å². The number of nitrogens with zero attached hydrogens (tertiary/aromatic N) is 2. The average Bonchev–Trinajstić information content (AvgIpc) is 2.52. The summed E-state index contributed by atoms with van der Waals surface area (Å²) in [6, 6.07) is 7.09. The Labute approximate surface area is 139 Å². The predicted octanol–water partition coefficient (Wildman–Crippen LogP) is 3.33. The Bertz CT molecular complexity index is 809. The Morgan fingerprint density at radius 2 is 2.04 bits per heavy atom. The largest absolute Gasteiger partial charge is 0.389 e. The highest BCUT2D eigenvalue weighted by atomic mass is 19.4. The number of carbonyl (C=O) groups is 1. The summed E-state index contributed by atoms with van der Waals surface area (Å²) in [5.41, 5.74) is 5.41. The smallest absolute Gasteiger partial charge is 0.365 e. The summed E-state index contributed by atoms with van der Waals surface area (Å²) in [6.07, 6.45) is -4.47. The summed E-state index contributed by atoms with van der Waals surface area (Å²) >= 11 is 0. The van der Waals surface area contributed by atoms with E-state index in [4.69, 9.17) is 5.73 Å². The van der Waals surface area contributed by atoms with Crippen LogP contribution in [0, 0.1) is 10.1 Å². The van der Waals surface area contributed by atoms with Gasteiger partial charge < -0.3 is 11.1 Å². The molecule has 2 aromatic rings. The molecule has 0 atom stereocenters. The first kappa shape index (κ1) is 18.2. The lowest BCUT2D eigenvalue weighted by Crippen LogP contribution is -2.15. The van der Waals surface area contributed by atoms with Gasteiger partial charge in [-0.2, -0.15) is 13.2 Å². The quantitative estimate of drug-likeness (QED) is 0.610. The summed E-state index contributed by atoms with van der Waals surface area (Å²) in [4.78, 5) is 25.3. The molecule has 0 aliphatic rings. The fourth-order valence-corrected chi connectivity index (χ4v) is 2.07. The predicted molar refractivity (Wildman–Crippen MR) is 83.5 cm³/mol. The number of halogens is 3. The fraction of sp³-hybridized carbons (Fsp3) is 0.200. The first-order valence-electron chi connectivity index (χ1n) is 7.02. The molecule has 0 spiro atoms. The zero-order chi connectivity index (χ0) is 18.6. The number of carbonyl (C=O) groups excluding carboxylic acids is 1. The van der Waals surface area contributed by atoms with Gasteiger partial charge in [-0.15, -0.1) is 0 Å². The van der Waals surface area contributed by atoms with Crippen molar-refractivity contribution >= 4 is 23.1 Å². The number of rotatable bonds is 6. The van der Waals surface area contributed by atoms with E-state index in [1.54, 1.807) is 12.1 Å². The van der Waals surface area contributed by atoms with Crippen molar-refractivity contribution < 1.29 is 22.9 Å². The minimum atomic E-state index is -4.26. The van der Waals surface area contributed by atoms with E-state index in [2.05, 4.69) is 10.3 Å². The standard InChI is InChI=1S/C15H13F3N4O3/c16-15(17,18)5-4-9-2-1-3-10(6-9)21-14-12(13(19)23)7-11(8-20-14)22(24)25/h1-3,6-8H,4-5H2,(H2,19,23)(H,20,21). The van der Waals surface area contributed by atoms with Gasteiger partial charge in [0, 0.05) is 18.2 Å². The molecular formula is C15H13F3N4O3. The third-order valence-electron chi connectivity index (χ3n) is 3.24. The maximum absolute atomic E-state index is 12.3. The molecule has 1 amide bonds. The number of anilines is 2. The van der Waals surface area contributed by atoms with Crippen molar-refractivity contribution in [1.82, 2.24) is 4.98 Å². The van der Waals surface area contributed by atoms with Crippen LogP contribution in [0.1, 0.15) is 22.3 Å². The van der Waals surface area contributed by atoms with Crippen molar-refractivity contribution in [3.05, 3.63) is 57.8 Å². The molecule has 0 saturated carbocycles. The molecule has 1 aromatic carbocycles. The van der Waals surface area contributed by atoms with Crippen LogP contribution in [0.4, 0.5) is 30.4 Å². The molecule has 25 heavy (non-hydrogen) atoms. The van der Waals surface area contributed by atoms with Crippen LogP contribution in [-0.4, -0.2) is 22.0 Å². The molecule has 3 N–H and O–H groups in total. The molecule has 7 nitrogen and oxygen atoms in total. The zero-order valence-electron chi connectivity index (χ0n) is 12.7. The average molecular weight is 354 g/mol. The lowest BCUT2D eigenvalue weighted by Gasteiger charge is -2.11. The molecule has 1 heterocycles. The third kappa shape index (κ3) is 5.16. The number of aryl methyl sites for hydroxylation is 1. The molecule has 1 aromatic heterocycles. The Hall–Kier alpha value is -3.17. The van der Waals surface area contributed by atoms with E-state index in [0.29, 0.717) is 11.3 Å². The highest BCUT2D eigenvalue weighted by molar-refractivity contribution is 5.98. The second-order valence-electron chi connectivity index (χ2n) is 5.15. The summed E-state index contributed by atoms with van der Waals surface area (Å²) in [5.74, 6) is -0.946. The van der Waals surface area contributed by atoms with Crippen LogP contribution in [0.25, 0.3) is 0 Å². The lowest BCUT2D eigenvalue weighted by molar-refractivity contribution is -0.385. The number of nitrogens with two attached hydrogens (primary N) is 1. The molecule has 0 fully saturated rings. The summed E-state index contributed by atoms with van der Waals surface area (Å²) < 4.78 is 36.9. The SMILES string of the molecule is NC(=O)c1cc([N+](=O)[O-])cnc1Nc1cccc(CCC(F)(F)F)c1. The van der Waals surface area contributed by atoms with Crippen LogP contribution in [0.15, 0.2) is 36.5 Å². The minimum Gasteiger partial charge on any atom is -0.365 e. The Morgan fingerprint density at radius 1 is 1.32 bits per heavy atom. The normalized spacial score (nSPS) is 11.2. The van der Waals surface area contributed by atoms with E-state index >= 15 is 0 Å².